The Bertz CT molecular complexity index is 225. The minimum Gasteiger partial charge on any atom is -0.347 e. The first-order valence-electron chi connectivity index (χ1n) is 2.79. The lowest BCUT2D eigenvalue weighted by molar-refractivity contribution is -0.127. The van der Waals surface area contributed by atoms with Crippen molar-refractivity contribution in [3.63, 3.8) is 0 Å². The molecule has 0 aliphatic carbocycles. The Morgan fingerprint density at radius 2 is 2.09 bits per heavy atom. The molecule has 4 nitrogen and oxygen atoms in total. The van der Waals surface area contributed by atoms with Gasteiger partial charge in [-0.2, -0.15) is 10.5 Å². The number of rotatable bonds is 2. The zero-order valence-corrected chi connectivity index (χ0v) is 7.05. The smallest absolute Gasteiger partial charge is 0.250 e. The summed E-state index contributed by atoms with van der Waals surface area (Å²) in [4.78, 5) is 12.3. The third kappa shape index (κ3) is 2.92. The lowest BCUT2D eigenvalue weighted by atomic mass is 10.4. The van der Waals surface area contributed by atoms with Gasteiger partial charge in [0.25, 0.3) is 5.91 Å². The number of carbonyl (C=O) groups is 1. The number of amides is 1. The van der Waals surface area contributed by atoms with Crippen LogP contribution >= 0.6 is 11.8 Å². The van der Waals surface area contributed by atoms with Crippen LogP contribution in [0, 0.1) is 22.0 Å². The summed E-state index contributed by atoms with van der Waals surface area (Å²) < 4.78 is 0. The van der Waals surface area contributed by atoms with Crippen LogP contribution in [0.1, 0.15) is 0 Å². The Morgan fingerprint density at radius 3 is 2.36 bits per heavy atom. The molecule has 1 amide bonds. The van der Waals surface area contributed by atoms with E-state index < -0.39 is 5.25 Å². The van der Waals surface area contributed by atoms with Gasteiger partial charge in [-0.25, -0.2) is 0 Å². The molecule has 0 saturated heterocycles. The van der Waals surface area contributed by atoms with Crippen LogP contribution in [0.25, 0.3) is 0 Å². The predicted molar refractivity (Wildman–Crippen MR) is 41.3 cm³/mol. The second-order valence-electron chi connectivity index (χ2n) is 1.95. The molecular formula is C6H7N3OS. The Labute approximate surface area is 69.4 Å². The number of nitrogens with zero attached hydrogens (tertiary/aromatic N) is 3. The van der Waals surface area contributed by atoms with Crippen LogP contribution in [-0.4, -0.2) is 30.2 Å². The molecule has 0 saturated carbocycles. The molecule has 5 heteroatoms. The normalized spacial score (nSPS) is 10.9. The lowest BCUT2D eigenvalue weighted by Gasteiger charge is -2.10. The molecule has 0 radical (unpaired) electrons. The van der Waals surface area contributed by atoms with E-state index in [9.17, 15) is 4.79 Å². The minimum atomic E-state index is -0.894. The molecule has 0 spiro atoms. The van der Waals surface area contributed by atoms with Gasteiger partial charge in [0.15, 0.2) is 5.25 Å². The zero-order valence-electron chi connectivity index (χ0n) is 6.24. The second-order valence-corrected chi connectivity index (χ2v) is 2.84. The summed E-state index contributed by atoms with van der Waals surface area (Å²) >= 11 is 0.666. The van der Waals surface area contributed by atoms with E-state index >= 15 is 0 Å². The van der Waals surface area contributed by atoms with E-state index in [2.05, 4.69) is 0 Å². The molecule has 0 rings (SSSR count). The van der Waals surface area contributed by atoms with Gasteiger partial charge in [0.2, 0.25) is 0 Å². The zero-order chi connectivity index (χ0) is 8.85. The number of carbonyl (C=O) groups excluding carboxylic acids is 1. The van der Waals surface area contributed by atoms with Crippen molar-refractivity contribution in [3.8, 4) is 11.5 Å². The van der Waals surface area contributed by atoms with Gasteiger partial charge < -0.3 is 4.90 Å². The number of hydrogen-bond acceptors (Lipinski definition) is 4. The maximum Gasteiger partial charge on any atom is 0.250 e. The lowest BCUT2D eigenvalue weighted by Crippen LogP contribution is -2.30. The standard InChI is InChI=1S/C6H7N3OS/c1-9(2)6(10)5(3-7)11-4-8/h5H,1-2H3. The van der Waals surface area contributed by atoms with E-state index in [0.717, 1.165) is 0 Å². The molecular weight excluding hydrogens is 162 g/mol. The van der Waals surface area contributed by atoms with Gasteiger partial charge in [0.1, 0.15) is 5.40 Å². The van der Waals surface area contributed by atoms with Crippen molar-refractivity contribution >= 4 is 17.7 Å². The molecule has 1 unspecified atom stereocenters. The van der Waals surface area contributed by atoms with Crippen LogP contribution in [0.5, 0.6) is 0 Å². The highest BCUT2D eigenvalue weighted by Crippen LogP contribution is 2.09. The highest BCUT2D eigenvalue weighted by Gasteiger charge is 2.19. The van der Waals surface area contributed by atoms with Gasteiger partial charge >= 0.3 is 0 Å². The van der Waals surface area contributed by atoms with E-state index in [-0.39, 0.29) is 5.91 Å². The molecule has 11 heavy (non-hydrogen) atoms. The summed E-state index contributed by atoms with van der Waals surface area (Å²) in [6, 6.07) is 1.73. The predicted octanol–water partition coefficient (Wildman–Crippen LogP) is 0.181. The SMILES string of the molecule is CN(C)C(=O)C(C#N)SC#N. The van der Waals surface area contributed by atoms with E-state index in [1.165, 1.54) is 4.90 Å². The Morgan fingerprint density at radius 1 is 1.55 bits per heavy atom. The average Bonchev–Trinajstić information content (AvgIpc) is 1.98. The van der Waals surface area contributed by atoms with E-state index in [1.54, 1.807) is 25.6 Å². The van der Waals surface area contributed by atoms with Crippen LogP contribution in [-0.2, 0) is 4.79 Å². The summed E-state index contributed by atoms with van der Waals surface area (Å²) in [5, 5.41) is 17.4. The molecule has 58 valence electrons. The van der Waals surface area contributed by atoms with E-state index in [0.29, 0.717) is 11.8 Å². The fraction of sp³-hybridized carbons (Fsp3) is 0.500. The van der Waals surface area contributed by atoms with Crippen LogP contribution in [0.15, 0.2) is 0 Å². The fourth-order valence-electron chi connectivity index (χ4n) is 0.419. The maximum atomic E-state index is 11.0. The van der Waals surface area contributed by atoms with Crippen LogP contribution in [0.3, 0.4) is 0 Å². The summed E-state index contributed by atoms with van der Waals surface area (Å²) in [5.41, 5.74) is 0. The van der Waals surface area contributed by atoms with Crippen molar-refractivity contribution in [1.82, 2.24) is 4.90 Å². The molecule has 1 atom stereocenters. The largest absolute Gasteiger partial charge is 0.347 e. The quantitative estimate of drug-likeness (QED) is 0.553. The second kappa shape index (κ2) is 4.59. The number of nitriles is 2. The van der Waals surface area contributed by atoms with E-state index in [1.807, 2.05) is 0 Å². The molecule has 0 fully saturated rings. The molecule has 0 bridgehead atoms. The molecule has 0 aromatic heterocycles. The monoisotopic (exact) mass is 169 g/mol. The number of hydrogen-bond donors (Lipinski definition) is 0. The highest BCUT2D eigenvalue weighted by atomic mass is 32.2. The first-order chi connectivity index (χ1) is 5.13. The summed E-state index contributed by atoms with van der Waals surface area (Å²) in [6.07, 6.45) is 0. The topological polar surface area (TPSA) is 67.9 Å². The number of thiocyanates is 1. The third-order valence-corrected chi connectivity index (χ3v) is 1.60. The Hall–Kier alpha value is -1.20. The Balaban J connectivity index is 4.20. The van der Waals surface area contributed by atoms with Crippen LogP contribution < -0.4 is 0 Å². The molecule has 0 heterocycles. The van der Waals surface area contributed by atoms with Crippen molar-refractivity contribution in [1.29, 1.82) is 10.5 Å². The molecule has 0 aliphatic heterocycles. The summed E-state index contributed by atoms with van der Waals surface area (Å²) in [5.74, 6) is -0.348. The average molecular weight is 169 g/mol. The first-order valence-corrected chi connectivity index (χ1v) is 3.67. The summed E-state index contributed by atoms with van der Waals surface area (Å²) in [7, 11) is 3.09. The van der Waals surface area contributed by atoms with Crippen molar-refractivity contribution in [2.75, 3.05) is 14.1 Å². The highest BCUT2D eigenvalue weighted by molar-refractivity contribution is 8.05. The molecule has 0 aromatic rings. The van der Waals surface area contributed by atoms with Gasteiger partial charge in [-0.1, -0.05) is 0 Å². The van der Waals surface area contributed by atoms with Crippen molar-refractivity contribution in [2.45, 2.75) is 5.25 Å². The minimum absolute atomic E-state index is 0.348. The van der Waals surface area contributed by atoms with Gasteiger partial charge in [-0.15, -0.1) is 0 Å². The molecule has 0 aromatic carbocycles. The van der Waals surface area contributed by atoms with Crippen molar-refractivity contribution < 1.29 is 4.79 Å². The van der Waals surface area contributed by atoms with Gasteiger partial charge in [0.05, 0.1) is 6.07 Å². The third-order valence-electron chi connectivity index (χ3n) is 0.953. The van der Waals surface area contributed by atoms with Crippen molar-refractivity contribution in [2.24, 2.45) is 0 Å². The molecule has 0 N–H and O–H groups in total. The van der Waals surface area contributed by atoms with Gasteiger partial charge in [-0.3, -0.25) is 4.79 Å². The molecule has 0 aliphatic rings. The van der Waals surface area contributed by atoms with Crippen molar-refractivity contribution in [3.05, 3.63) is 0 Å². The van der Waals surface area contributed by atoms with Crippen LogP contribution in [0.4, 0.5) is 0 Å². The van der Waals surface area contributed by atoms with Gasteiger partial charge in [0, 0.05) is 14.1 Å². The fourth-order valence-corrected chi connectivity index (χ4v) is 0.889. The number of thioether (sulfide) groups is 1. The van der Waals surface area contributed by atoms with E-state index in [4.69, 9.17) is 10.5 Å². The van der Waals surface area contributed by atoms with Gasteiger partial charge in [-0.05, 0) is 11.8 Å². The Kier molecular flexibility index (Phi) is 4.09. The summed E-state index contributed by atoms with van der Waals surface area (Å²) in [6.45, 7) is 0. The maximum absolute atomic E-state index is 11.0. The van der Waals surface area contributed by atoms with Crippen LogP contribution in [0.2, 0.25) is 0 Å². The first kappa shape index (κ1) is 9.80.